The van der Waals surface area contributed by atoms with Crippen LogP contribution in [0.2, 0.25) is 0 Å². The molecule has 3 aromatic rings. The summed E-state index contributed by atoms with van der Waals surface area (Å²) in [6.45, 7) is 1.80. The SMILES string of the molecule is CCOC(=O)c1nn(-c2cccc(F)c2)c(=O)c2c(NC(=O)CCC3CCCC3)scc12. The molecule has 4 rings (SSSR count). The zero-order chi connectivity index (χ0) is 22.7. The normalized spacial score (nSPS) is 14.1. The number of fused-ring (bicyclic) bond motifs is 1. The van der Waals surface area contributed by atoms with Gasteiger partial charge in [-0.25, -0.2) is 9.18 Å². The van der Waals surface area contributed by atoms with Crippen molar-refractivity contribution in [3.63, 3.8) is 0 Å². The predicted molar refractivity (Wildman–Crippen MR) is 121 cm³/mol. The van der Waals surface area contributed by atoms with Crippen LogP contribution >= 0.6 is 11.3 Å². The van der Waals surface area contributed by atoms with Gasteiger partial charge in [0.15, 0.2) is 5.69 Å². The number of hydrogen-bond donors (Lipinski definition) is 1. The van der Waals surface area contributed by atoms with E-state index in [1.165, 1.54) is 31.0 Å². The van der Waals surface area contributed by atoms with E-state index < -0.39 is 17.3 Å². The molecule has 0 saturated heterocycles. The van der Waals surface area contributed by atoms with Crippen LogP contribution in [0, 0.1) is 11.7 Å². The molecule has 0 spiro atoms. The van der Waals surface area contributed by atoms with Crippen LogP contribution in [0.25, 0.3) is 16.5 Å². The molecule has 2 heterocycles. The second-order valence-corrected chi connectivity index (χ2v) is 8.74. The van der Waals surface area contributed by atoms with E-state index in [0.29, 0.717) is 22.7 Å². The minimum atomic E-state index is -0.695. The summed E-state index contributed by atoms with van der Waals surface area (Å²) in [6, 6.07) is 5.37. The number of halogens is 1. The van der Waals surface area contributed by atoms with Crippen LogP contribution in [0.5, 0.6) is 0 Å². The number of nitrogens with one attached hydrogen (secondary N) is 1. The Hall–Kier alpha value is -3.07. The van der Waals surface area contributed by atoms with Gasteiger partial charge in [0, 0.05) is 17.2 Å². The van der Waals surface area contributed by atoms with Gasteiger partial charge in [0.1, 0.15) is 10.8 Å². The zero-order valence-electron chi connectivity index (χ0n) is 17.7. The van der Waals surface area contributed by atoms with Gasteiger partial charge in [-0.05, 0) is 37.5 Å². The van der Waals surface area contributed by atoms with Crippen LogP contribution in [-0.4, -0.2) is 28.3 Å². The van der Waals surface area contributed by atoms with E-state index in [9.17, 15) is 18.8 Å². The van der Waals surface area contributed by atoms with E-state index in [4.69, 9.17) is 4.74 Å². The van der Waals surface area contributed by atoms with Gasteiger partial charge in [0.2, 0.25) is 5.91 Å². The van der Waals surface area contributed by atoms with Crippen molar-refractivity contribution in [2.75, 3.05) is 11.9 Å². The lowest BCUT2D eigenvalue weighted by Gasteiger charge is -2.11. The van der Waals surface area contributed by atoms with Gasteiger partial charge in [-0.2, -0.15) is 9.78 Å². The molecule has 1 amide bonds. The molecule has 0 radical (unpaired) electrons. The molecule has 0 unspecified atom stereocenters. The Morgan fingerprint density at radius 1 is 1.31 bits per heavy atom. The molecule has 1 aliphatic rings. The lowest BCUT2D eigenvalue weighted by atomic mass is 10.0. The molecule has 1 N–H and O–H groups in total. The fourth-order valence-corrected chi connectivity index (χ4v) is 5.05. The second kappa shape index (κ2) is 9.60. The number of hydrogen-bond acceptors (Lipinski definition) is 6. The number of anilines is 1. The number of benzene rings is 1. The molecule has 168 valence electrons. The molecule has 0 atom stereocenters. The molecule has 1 saturated carbocycles. The summed E-state index contributed by atoms with van der Waals surface area (Å²) < 4.78 is 19.9. The molecular weight excluding hydrogens is 433 g/mol. The molecule has 7 nitrogen and oxygen atoms in total. The van der Waals surface area contributed by atoms with Gasteiger partial charge in [-0.1, -0.05) is 31.7 Å². The monoisotopic (exact) mass is 457 g/mol. The number of rotatable bonds is 7. The number of aromatic nitrogens is 2. The van der Waals surface area contributed by atoms with Gasteiger partial charge in [0.25, 0.3) is 5.56 Å². The minimum Gasteiger partial charge on any atom is -0.461 e. The van der Waals surface area contributed by atoms with Crippen LogP contribution < -0.4 is 10.9 Å². The lowest BCUT2D eigenvalue weighted by Crippen LogP contribution is -2.25. The van der Waals surface area contributed by atoms with Gasteiger partial charge < -0.3 is 10.1 Å². The quantitative estimate of drug-likeness (QED) is 0.521. The zero-order valence-corrected chi connectivity index (χ0v) is 18.5. The van der Waals surface area contributed by atoms with E-state index in [0.717, 1.165) is 41.3 Å². The van der Waals surface area contributed by atoms with Crippen molar-refractivity contribution in [1.29, 1.82) is 0 Å². The van der Waals surface area contributed by atoms with Crippen molar-refractivity contribution in [3.05, 3.63) is 51.5 Å². The molecule has 32 heavy (non-hydrogen) atoms. The van der Waals surface area contributed by atoms with Crippen molar-refractivity contribution in [2.45, 2.75) is 45.4 Å². The first-order valence-corrected chi connectivity index (χ1v) is 11.6. The summed E-state index contributed by atoms with van der Waals surface area (Å²) >= 11 is 1.15. The maximum atomic E-state index is 13.8. The standard InChI is InChI=1S/C23H24FN3O4S/c1-2-31-23(30)20-17-13-32-21(25-18(28)11-10-14-6-3-4-7-14)19(17)22(29)27(26-20)16-9-5-8-15(24)12-16/h5,8-9,12-14H,2-4,6-7,10-11H2,1H3,(H,25,28). The van der Waals surface area contributed by atoms with Crippen LogP contribution in [-0.2, 0) is 9.53 Å². The first kappa shape index (κ1) is 22.1. The van der Waals surface area contributed by atoms with Crippen LogP contribution in [0.3, 0.4) is 0 Å². The Morgan fingerprint density at radius 3 is 2.81 bits per heavy atom. The third-order valence-corrected chi connectivity index (χ3v) is 6.58. The van der Waals surface area contributed by atoms with E-state index in [-0.39, 0.29) is 29.3 Å². The third-order valence-electron chi connectivity index (χ3n) is 5.68. The summed E-state index contributed by atoms with van der Waals surface area (Å²) in [6.07, 6.45) is 5.93. The van der Waals surface area contributed by atoms with Crippen molar-refractivity contribution in [3.8, 4) is 5.69 Å². The van der Waals surface area contributed by atoms with Crippen LogP contribution in [0.15, 0.2) is 34.4 Å². The number of esters is 1. The van der Waals surface area contributed by atoms with Gasteiger partial charge in [0.05, 0.1) is 17.7 Å². The highest BCUT2D eigenvalue weighted by Crippen LogP contribution is 2.32. The largest absolute Gasteiger partial charge is 0.461 e. The Labute approximate surface area is 188 Å². The Balaban J connectivity index is 1.73. The number of nitrogens with zero attached hydrogens (tertiary/aromatic N) is 2. The van der Waals surface area contributed by atoms with Gasteiger partial charge in [-0.15, -0.1) is 11.3 Å². The fraction of sp³-hybridized carbons (Fsp3) is 0.391. The number of carbonyl (C=O) groups excluding carboxylic acids is 2. The second-order valence-electron chi connectivity index (χ2n) is 7.86. The number of amides is 1. The van der Waals surface area contributed by atoms with E-state index in [2.05, 4.69) is 10.4 Å². The summed E-state index contributed by atoms with van der Waals surface area (Å²) in [7, 11) is 0. The van der Waals surface area contributed by atoms with E-state index in [1.807, 2.05) is 0 Å². The molecule has 0 bridgehead atoms. The third kappa shape index (κ3) is 4.57. The fourth-order valence-electron chi connectivity index (χ4n) is 4.10. The average Bonchev–Trinajstić information content (AvgIpc) is 3.43. The first-order chi connectivity index (χ1) is 15.5. The number of ether oxygens (including phenoxy) is 1. The van der Waals surface area contributed by atoms with E-state index >= 15 is 0 Å². The minimum absolute atomic E-state index is 0.0617. The molecule has 9 heteroatoms. The molecule has 1 aliphatic carbocycles. The molecule has 2 aromatic heterocycles. The van der Waals surface area contributed by atoms with Gasteiger partial charge >= 0.3 is 5.97 Å². The first-order valence-electron chi connectivity index (χ1n) is 10.8. The number of thiophene rings is 1. The Bertz CT molecular complexity index is 1210. The van der Waals surface area contributed by atoms with Crippen LogP contribution in [0.4, 0.5) is 9.39 Å². The smallest absolute Gasteiger partial charge is 0.359 e. The summed E-state index contributed by atoms with van der Waals surface area (Å²) in [4.78, 5) is 38.4. The highest BCUT2D eigenvalue weighted by molar-refractivity contribution is 7.16. The maximum Gasteiger partial charge on any atom is 0.359 e. The van der Waals surface area contributed by atoms with Crippen LogP contribution in [0.1, 0.15) is 55.9 Å². The highest BCUT2D eigenvalue weighted by Gasteiger charge is 2.23. The van der Waals surface area contributed by atoms with Crippen molar-refractivity contribution < 1.29 is 18.7 Å². The number of carbonyl (C=O) groups is 2. The molecule has 0 aliphatic heterocycles. The molecule has 1 aromatic carbocycles. The van der Waals surface area contributed by atoms with E-state index in [1.54, 1.807) is 12.3 Å². The lowest BCUT2D eigenvalue weighted by molar-refractivity contribution is -0.116. The Kier molecular flexibility index (Phi) is 6.64. The van der Waals surface area contributed by atoms with Gasteiger partial charge in [-0.3, -0.25) is 9.59 Å². The maximum absolute atomic E-state index is 13.8. The predicted octanol–water partition coefficient (Wildman–Crippen LogP) is 4.67. The molecular formula is C23H24FN3O4S. The van der Waals surface area contributed by atoms with Crippen molar-refractivity contribution in [1.82, 2.24) is 9.78 Å². The molecule has 1 fully saturated rings. The van der Waals surface area contributed by atoms with Crippen molar-refractivity contribution >= 4 is 39.0 Å². The topological polar surface area (TPSA) is 90.3 Å². The Morgan fingerprint density at radius 2 is 2.09 bits per heavy atom. The summed E-state index contributed by atoms with van der Waals surface area (Å²) in [5, 5.41) is 9.42. The van der Waals surface area contributed by atoms with Crippen molar-refractivity contribution in [2.24, 2.45) is 5.92 Å². The highest BCUT2D eigenvalue weighted by atomic mass is 32.1. The summed E-state index contributed by atoms with van der Waals surface area (Å²) in [5.41, 5.74) is -0.438. The summed E-state index contributed by atoms with van der Waals surface area (Å²) in [5.74, 6) is -0.836. The average molecular weight is 458 g/mol.